The third-order valence-electron chi connectivity index (χ3n) is 4.60. The predicted molar refractivity (Wildman–Crippen MR) is 110 cm³/mol. The quantitative estimate of drug-likeness (QED) is 0.293. The highest BCUT2D eigenvalue weighted by Crippen LogP contribution is 2.26. The Kier molecular flexibility index (Phi) is 5.03. The average Bonchev–Trinajstić information content (AvgIpc) is 3.16. The fraction of sp³-hybridized carbons (Fsp3) is 0.0909. The minimum Gasteiger partial charge on any atom is -0.379 e. The minimum absolute atomic E-state index is 0.123. The summed E-state index contributed by atoms with van der Waals surface area (Å²) >= 11 is 0. The van der Waals surface area contributed by atoms with E-state index in [-0.39, 0.29) is 17.0 Å². The van der Waals surface area contributed by atoms with Crippen molar-refractivity contribution in [3.05, 3.63) is 106 Å². The first-order valence-corrected chi connectivity index (χ1v) is 9.16. The molecule has 0 unspecified atom stereocenters. The summed E-state index contributed by atoms with van der Waals surface area (Å²) < 4.78 is 1.93. The molecule has 0 fully saturated rings. The van der Waals surface area contributed by atoms with Crippen molar-refractivity contribution < 1.29 is 9.72 Å². The number of nitrogens with zero attached hydrogens (tertiary/aromatic N) is 3. The highest BCUT2D eigenvalue weighted by atomic mass is 16.6. The molecule has 0 saturated carbocycles. The van der Waals surface area contributed by atoms with E-state index in [1.54, 1.807) is 36.4 Å². The number of rotatable bonds is 7. The molecule has 7 nitrogen and oxygen atoms in total. The van der Waals surface area contributed by atoms with Crippen LogP contribution < -0.4 is 5.32 Å². The molecule has 1 N–H and O–H groups in total. The Morgan fingerprint density at radius 2 is 1.83 bits per heavy atom. The summed E-state index contributed by atoms with van der Waals surface area (Å²) in [6.07, 6.45) is 4.48. The first kappa shape index (κ1) is 18.4. The number of pyridine rings is 1. The molecule has 0 saturated heterocycles. The lowest BCUT2D eigenvalue weighted by Crippen LogP contribution is -2.08. The van der Waals surface area contributed by atoms with Gasteiger partial charge >= 0.3 is 0 Å². The van der Waals surface area contributed by atoms with Crippen LogP contribution in [0.2, 0.25) is 0 Å². The standard InChI is InChI=1S/C22H18N4O3/c27-22(16-6-2-1-3-7-16)17-9-10-19(20(14-17)26(28)29)23-12-11-18-15-25-13-5-4-8-21(25)24-18/h1-10,13-15,23H,11-12H2. The van der Waals surface area contributed by atoms with Gasteiger partial charge in [0.1, 0.15) is 11.3 Å². The fourth-order valence-corrected chi connectivity index (χ4v) is 3.16. The molecule has 0 aliphatic rings. The number of hydrogen-bond acceptors (Lipinski definition) is 5. The largest absolute Gasteiger partial charge is 0.379 e. The lowest BCUT2D eigenvalue weighted by molar-refractivity contribution is -0.384. The summed E-state index contributed by atoms with van der Waals surface area (Å²) in [6.45, 7) is 0.483. The van der Waals surface area contributed by atoms with Gasteiger partial charge in [-0.1, -0.05) is 36.4 Å². The summed E-state index contributed by atoms with van der Waals surface area (Å²) in [7, 11) is 0. The molecule has 29 heavy (non-hydrogen) atoms. The predicted octanol–water partition coefficient (Wildman–Crippen LogP) is 4.13. The number of nitro groups is 1. The topological polar surface area (TPSA) is 89.5 Å². The maximum absolute atomic E-state index is 12.6. The maximum Gasteiger partial charge on any atom is 0.293 e. The van der Waals surface area contributed by atoms with E-state index in [4.69, 9.17) is 0 Å². The van der Waals surface area contributed by atoms with Crippen molar-refractivity contribution in [2.24, 2.45) is 0 Å². The zero-order valence-electron chi connectivity index (χ0n) is 15.5. The van der Waals surface area contributed by atoms with Crippen molar-refractivity contribution in [2.45, 2.75) is 6.42 Å². The summed E-state index contributed by atoms with van der Waals surface area (Å²) in [5, 5.41) is 14.6. The first-order valence-electron chi connectivity index (χ1n) is 9.16. The minimum atomic E-state index is -0.477. The molecule has 2 aromatic carbocycles. The monoisotopic (exact) mass is 386 g/mol. The van der Waals surface area contributed by atoms with Gasteiger partial charge in [0.05, 0.1) is 10.6 Å². The number of anilines is 1. The van der Waals surface area contributed by atoms with Crippen LogP contribution in [0.4, 0.5) is 11.4 Å². The fourth-order valence-electron chi connectivity index (χ4n) is 3.16. The van der Waals surface area contributed by atoms with Gasteiger partial charge in [-0.05, 0) is 24.3 Å². The van der Waals surface area contributed by atoms with Gasteiger partial charge in [-0.25, -0.2) is 4.98 Å². The van der Waals surface area contributed by atoms with Gasteiger partial charge in [0.2, 0.25) is 0 Å². The molecule has 0 aliphatic carbocycles. The van der Waals surface area contributed by atoms with Crippen molar-refractivity contribution in [3.63, 3.8) is 0 Å². The van der Waals surface area contributed by atoms with E-state index in [9.17, 15) is 14.9 Å². The summed E-state index contributed by atoms with van der Waals surface area (Å²) in [6, 6.07) is 19.0. The van der Waals surface area contributed by atoms with Crippen molar-refractivity contribution in [2.75, 3.05) is 11.9 Å². The molecule has 0 radical (unpaired) electrons. The molecule has 0 spiro atoms. The Bertz CT molecular complexity index is 1150. The third-order valence-corrected chi connectivity index (χ3v) is 4.60. The van der Waals surface area contributed by atoms with Crippen LogP contribution in [0.15, 0.2) is 79.1 Å². The number of carbonyl (C=O) groups excluding carboxylic acids is 1. The van der Waals surface area contributed by atoms with Crippen molar-refractivity contribution >= 4 is 22.8 Å². The lowest BCUT2D eigenvalue weighted by Gasteiger charge is -2.08. The van der Waals surface area contributed by atoms with Crippen LogP contribution in [-0.4, -0.2) is 26.6 Å². The summed E-state index contributed by atoms with van der Waals surface area (Å²) in [5.41, 5.74) is 2.79. The third kappa shape index (κ3) is 3.98. The van der Waals surface area contributed by atoms with Crippen molar-refractivity contribution in [1.29, 1.82) is 0 Å². The second-order valence-corrected chi connectivity index (χ2v) is 6.56. The second kappa shape index (κ2) is 7.93. The number of nitro benzene ring substituents is 1. The van der Waals surface area contributed by atoms with Gasteiger partial charge in [-0.15, -0.1) is 0 Å². The number of fused-ring (bicyclic) bond motifs is 1. The Balaban J connectivity index is 1.49. The average molecular weight is 386 g/mol. The molecular formula is C22H18N4O3. The number of hydrogen-bond donors (Lipinski definition) is 1. The van der Waals surface area contributed by atoms with E-state index in [1.165, 1.54) is 6.07 Å². The van der Waals surface area contributed by atoms with Gasteiger partial charge < -0.3 is 9.72 Å². The van der Waals surface area contributed by atoms with E-state index in [2.05, 4.69) is 10.3 Å². The van der Waals surface area contributed by atoms with Crippen molar-refractivity contribution in [1.82, 2.24) is 9.38 Å². The number of benzene rings is 2. The van der Waals surface area contributed by atoms with Crippen LogP contribution in [-0.2, 0) is 6.42 Å². The van der Waals surface area contributed by atoms with Crippen molar-refractivity contribution in [3.8, 4) is 0 Å². The van der Waals surface area contributed by atoms with E-state index in [0.29, 0.717) is 24.2 Å². The van der Waals surface area contributed by atoms with Crippen LogP contribution >= 0.6 is 0 Å². The van der Waals surface area contributed by atoms with Crippen LogP contribution in [0.3, 0.4) is 0 Å². The summed E-state index contributed by atoms with van der Waals surface area (Å²) in [4.78, 5) is 28.1. The molecule has 0 amide bonds. The molecule has 0 bridgehead atoms. The van der Waals surface area contributed by atoms with Gasteiger partial charge in [0.15, 0.2) is 5.78 Å². The van der Waals surface area contributed by atoms with Crippen LogP contribution in [0, 0.1) is 10.1 Å². The lowest BCUT2D eigenvalue weighted by atomic mass is 10.0. The van der Waals surface area contributed by atoms with Crippen LogP contribution in [0.25, 0.3) is 5.65 Å². The molecule has 7 heteroatoms. The zero-order valence-corrected chi connectivity index (χ0v) is 15.5. The molecule has 2 aromatic heterocycles. The molecule has 2 heterocycles. The Labute approximate surface area is 166 Å². The maximum atomic E-state index is 12.6. The van der Waals surface area contributed by atoms with Gasteiger partial charge in [-0.2, -0.15) is 0 Å². The number of imidazole rings is 1. The van der Waals surface area contributed by atoms with Crippen LogP contribution in [0.1, 0.15) is 21.6 Å². The first-order chi connectivity index (χ1) is 14.1. The Hall–Kier alpha value is -4.00. The van der Waals surface area contributed by atoms with E-state index >= 15 is 0 Å². The number of aromatic nitrogens is 2. The Morgan fingerprint density at radius 3 is 2.59 bits per heavy atom. The zero-order chi connectivity index (χ0) is 20.2. The summed E-state index contributed by atoms with van der Waals surface area (Å²) in [5.74, 6) is -0.245. The normalized spacial score (nSPS) is 10.8. The smallest absolute Gasteiger partial charge is 0.293 e. The number of ketones is 1. The molecule has 144 valence electrons. The second-order valence-electron chi connectivity index (χ2n) is 6.56. The highest BCUT2D eigenvalue weighted by Gasteiger charge is 2.18. The molecule has 0 aliphatic heterocycles. The molecule has 4 rings (SSSR count). The van der Waals surface area contributed by atoms with Gasteiger partial charge in [-0.3, -0.25) is 14.9 Å². The van der Waals surface area contributed by atoms with Gasteiger partial charge in [0, 0.05) is 42.6 Å². The SMILES string of the molecule is O=C(c1ccccc1)c1ccc(NCCc2cn3ccccc3n2)c([N+](=O)[O-])c1. The van der Waals surface area contributed by atoms with E-state index in [1.807, 2.05) is 41.1 Å². The number of carbonyl (C=O) groups is 1. The Morgan fingerprint density at radius 1 is 1.03 bits per heavy atom. The van der Waals surface area contributed by atoms with Gasteiger partial charge in [0.25, 0.3) is 5.69 Å². The molecule has 4 aromatic rings. The highest BCUT2D eigenvalue weighted by molar-refractivity contribution is 6.09. The van der Waals surface area contributed by atoms with E-state index < -0.39 is 4.92 Å². The van der Waals surface area contributed by atoms with Crippen LogP contribution in [0.5, 0.6) is 0 Å². The molecule has 0 atom stereocenters. The van der Waals surface area contributed by atoms with E-state index in [0.717, 1.165) is 11.3 Å². The molecular weight excluding hydrogens is 368 g/mol. The number of nitrogens with one attached hydrogen (secondary N) is 1.